The van der Waals surface area contributed by atoms with Crippen molar-refractivity contribution >= 4 is 22.6 Å². The predicted molar refractivity (Wildman–Crippen MR) is 74.2 cm³/mol. The molecule has 0 saturated carbocycles. The Kier molecular flexibility index (Phi) is 4.29. The fourth-order valence-corrected chi connectivity index (χ4v) is 2.08. The van der Waals surface area contributed by atoms with Gasteiger partial charge in [0.2, 0.25) is 0 Å². The van der Waals surface area contributed by atoms with Gasteiger partial charge in [-0.25, -0.2) is 8.78 Å². The molecule has 1 atom stereocenters. The maximum absolute atomic E-state index is 13.5. The van der Waals surface area contributed by atoms with E-state index in [9.17, 15) is 13.9 Å². The minimum absolute atomic E-state index is 0.0597. The minimum Gasteiger partial charge on any atom is -0.388 e. The normalized spacial score (nSPS) is 12.4. The molecule has 1 nitrogen and oxygen atoms in total. The predicted octanol–water partition coefficient (Wildman–Crippen LogP) is 3.85. The first-order valence-corrected chi connectivity index (χ1v) is 6.52. The molecule has 0 saturated heterocycles. The lowest BCUT2D eigenvalue weighted by Gasteiger charge is -2.12. The summed E-state index contributed by atoms with van der Waals surface area (Å²) in [5.74, 6) is -1.77. The van der Waals surface area contributed by atoms with Crippen molar-refractivity contribution in [1.82, 2.24) is 0 Å². The Labute approximate surface area is 118 Å². The lowest BCUT2D eigenvalue weighted by atomic mass is 10.0. The zero-order chi connectivity index (χ0) is 13.1. The molecule has 0 aliphatic rings. The molecular weight excluding hydrogens is 349 g/mol. The molecule has 0 bridgehead atoms. The zero-order valence-corrected chi connectivity index (χ0v) is 11.6. The summed E-state index contributed by atoms with van der Waals surface area (Å²) in [6.45, 7) is 0. The molecule has 2 aromatic carbocycles. The van der Waals surface area contributed by atoms with E-state index in [2.05, 4.69) is 22.6 Å². The van der Waals surface area contributed by atoms with Gasteiger partial charge in [-0.3, -0.25) is 0 Å². The van der Waals surface area contributed by atoms with Crippen LogP contribution in [0.5, 0.6) is 0 Å². The summed E-state index contributed by atoms with van der Waals surface area (Å²) >= 11 is 2.16. The fraction of sp³-hybridized carbons (Fsp3) is 0.143. The van der Waals surface area contributed by atoms with Gasteiger partial charge in [-0.1, -0.05) is 24.3 Å². The SMILES string of the molecule is OC(Cc1cccc(F)c1F)c1ccc(I)cc1. The molecule has 2 rings (SSSR count). The summed E-state index contributed by atoms with van der Waals surface area (Å²) in [4.78, 5) is 0. The highest BCUT2D eigenvalue weighted by Crippen LogP contribution is 2.21. The molecule has 2 aromatic rings. The van der Waals surface area contributed by atoms with Crippen LogP contribution in [0.3, 0.4) is 0 Å². The largest absolute Gasteiger partial charge is 0.388 e. The van der Waals surface area contributed by atoms with Crippen molar-refractivity contribution in [2.45, 2.75) is 12.5 Å². The number of hydrogen-bond acceptors (Lipinski definition) is 1. The molecule has 0 aliphatic heterocycles. The Morgan fingerprint density at radius 1 is 1.06 bits per heavy atom. The fourth-order valence-electron chi connectivity index (χ4n) is 1.72. The van der Waals surface area contributed by atoms with Crippen molar-refractivity contribution < 1.29 is 13.9 Å². The monoisotopic (exact) mass is 360 g/mol. The highest BCUT2D eigenvalue weighted by molar-refractivity contribution is 14.1. The molecule has 0 heterocycles. The summed E-state index contributed by atoms with van der Waals surface area (Å²) in [5.41, 5.74) is 0.875. The number of hydrogen-bond donors (Lipinski definition) is 1. The Morgan fingerprint density at radius 2 is 1.72 bits per heavy atom. The highest BCUT2D eigenvalue weighted by atomic mass is 127. The Bertz CT molecular complexity index is 540. The molecule has 1 N–H and O–H groups in total. The number of aliphatic hydroxyl groups excluding tert-OH is 1. The van der Waals surface area contributed by atoms with Crippen LogP contribution in [-0.4, -0.2) is 5.11 Å². The molecule has 0 spiro atoms. The zero-order valence-electron chi connectivity index (χ0n) is 9.41. The van der Waals surface area contributed by atoms with E-state index in [1.165, 1.54) is 12.1 Å². The van der Waals surface area contributed by atoms with Crippen LogP contribution in [0, 0.1) is 15.2 Å². The topological polar surface area (TPSA) is 20.2 Å². The van der Waals surface area contributed by atoms with Crippen LogP contribution in [0.2, 0.25) is 0 Å². The highest BCUT2D eigenvalue weighted by Gasteiger charge is 2.13. The van der Waals surface area contributed by atoms with E-state index in [0.717, 1.165) is 9.64 Å². The number of rotatable bonds is 3. The molecule has 0 aromatic heterocycles. The van der Waals surface area contributed by atoms with Crippen LogP contribution >= 0.6 is 22.6 Å². The van der Waals surface area contributed by atoms with E-state index < -0.39 is 17.7 Å². The molecular formula is C14H11F2IO. The maximum Gasteiger partial charge on any atom is 0.162 e. The molecule has 0 amide bonds. The van der Waals surface area contributed by atoms with Crippen molar-refractivity contribution in [3.05, 3.63) is 68.8 Å². The van der Waals surface area contributed by atoms with Crippen molar-refractivity contribution in [3.63, 3.8) is 0 Å². The van der Waals surface area contributed by atoms with Gasteiger partial charge in [0.1, 0.15) is 0 Å². The van der Waals surface area contributed by atoms with E-state index in [0.29, 0.717) is 5.56 Å². The quantitative estimate of drug-likeness (QED) is 0.825. The molecule has 4 heteroatoms. The van der Waals surface area contributed by atoms with Crippen LogP contribution in [0.25, 0.3) is 0 Å². The smallest absolute Gasteiger partial charge is 0.162 e. The van der Waals surface area contributed by atoms with Crippen molar-refractivity contribution in [2.75, 3.05) is 0 Å². The van der Waals surface area contributed by atoms with Gasteiger partial charge in [0.15, 0.2) is 11.6 Å². The first-order valence-electron chi connectivity index (χ1n) is 5.44. The van der Waals surface area contributed by atoms with E-state index >= 15 is 0 Å². The molecule has 1 unspecified atom stereocenters. The molecule has 18 heavy (non-hydrogen) atoms. The first kappa shape index (κ1) is 13.4. The average Bonchev–Trinajstić information content (AvgIpc) is 2.36. The summed E-state index contributed by atoms with van der Waals surface area (Å²) in [6.07, 6.45) is -0.775. The summed E-state index contributed by atoms with van der Waals surface area (Å²) in [7, 11) is 0. The second-order valence-electron chi connectivity index (χ2n) is 3.98. The van der Waals surface area contributed by atoms with Gasteiger partial charge in [-0.2, -0.15) is 0 Å². The second kappa shape index (κ2) is 5.75. The third-order valence-electron chi connectivity index (χ3n) is 2.70. The second-order valence-corrected chi connectivity index (χ2v) is 5.23. The average molecular weight is 360 g/mol. The van der Waals surface area contributed by atoms with Crippen molar-refractivity contribution in [2.24, 2.45) is 0 Å². The van der Waals surface area contributed by atoms with Gasteiger partial charge >= 0.3 is 0 Å². The van der Waals surface area contributed by atoms with Gasteiger partial charge in [-0.15, -0.1) is 0 Å². The molecule has 0 aliphatic carbocycles. The van der Waals surface area contributed by atoms with Crippen LogP contribution < -0.4 is 0 Å². The van der Waals surface area contributed by atoms with E-state index in [4.69, 9.17) is 0 Å². The van der Waals surface area contributed by atoms with Crippen LogP contribution in [0.1, 0.15) is 17.2 Å². The van der Waals surface area contributed by atoms with Crippen LogP contribution in [0.15, 0.2) is 42.5 Å². The van der Waals surface area contributed by atoms with E-state index in [1.54, 1.807) is 12.1 Å². The number of halogens is 3. The third kappa shape index (κ3) is 3.05. The standard InChI is InChI=1S/C14H11F2IO/c15-12-3-1-2-10(14(12)16)8-13(18)9-4-6-11(17)7-5-9/h1-7,13,18H,8H2. The summed E-state index contributed by atoms with van der Waals surface area (Å²) in [5, 5.41) is 9.99. The van der Waals surface area contributed by atoms with Gasteiger partial charge in [0, 0.05) is 9.99 Å². The third-order valence-corrected chi connectivity index (χ3v) is 3.42. The van der Waals surface area contributed by atoms with Crippen molar-refractivity contribution in [3.8, 4) is 0 Å². The molecule has 94 valence electrons. The lowest BCUT2D eigenvalue weighted by molar-refractivity contribution is 0.177. The van der Waals surface area contributed by atoms with E-state index in [-0.39, 0.29) is 12.0 Å². The van der Waals surface area contributed by atoms with Gasteiger partial charge in [-0.05, 0) is 51.9 Å². The summed E-state index contributed by atoms with van der Waals surface area (Å²) in [6, 6.07) is 11.3. The molecule has 0 radical (unpaired) electrons. The van der Waals surface area contributed by atoms with Crippen LogP contribution in [0.4, 0.5) is 8.78 Å². The Morgan fingerprint density at radius 3 is 2.39 bits per heavy atom. The van der Waals surface area contributed by atoms with Crippen molar-refractivity contribution in [1.29, 1.82) is 0 Å². The Hall–Kier alpha value is -1.01. The number of benzene rings is 2. The number of aliphatic hydroxyl groups is 1. The summed E-state index contributed by atoms with van der Waals surface area (Å²) < 4.78 is 27.5. The van der Waals surface area contributed by atoms with Gasteiger partial charge in [0.25, 0.3) is 0 Å². The lowest BCUT2D eigenvalue weighted by Crippen LogP contribution is -2.04. The van der Waals surface area contributed by atoms with Crippen LogP contribution in [-0.2, 0) is 6.42 Å². The van der Waals surface area contributed by atoms with Gasteiger partial charge < -0.3 is 5.11 Å². The van der Waals surface area contributed by atoms with E-state index in [1.807, 2.05) is 12.1 Å². The Balaban J connectivity index is 2.18. The minimum atomic E-state index is -0.887. The van der Waals surface area contributed by atoms with Gasteiger partial charge in [0.05, 0.1) is 6.10 Å². The first-order chi connectivity index (χ1) is 8.58. The maximum atomic E-state index is 13.5. The molecule has 0 fully saturated rings.